The molecule has 22 nitrogen and oxygen atoms in total. The number of unbranched alkanes of at least 4 members (excludes halogenated alkanes) is 2. The summed E-state index contributed by atoms with van der Waals surface area (Å²) in [6.07, 6.45) is 9.52. The molecule has 5 aromatic heterocycles. The maximum Gasteiger partial charge on any atom is 0.410 e. The number of imidazole rings is 1. The molecule has 0 fully saturated rings. The number of nitrogens with two attached hydrogens (primary N) is 1. The summed E-state index contributed by atoms with van der Waals surface area (Å²) in [5, 5.41) is 16.2. The van der Waals surface area contributed by atoms with Gasteiger partial charge in [-0.05, 0) is 105 Å². The molecule has 8 rings (SSSR count). The number of ether oxygens (including phenoxy) is 1. The molecule has 2 unspecified atom stereocenters. The number of carbonyl (C=O) groups excluding carboxylic acids is 7. The number of fused-ring (bicyclic) bond motifs is 2. The zero-order valence-electron chi connectivity index (χ0n) is 43.6. The van der Waals surface area contributed by atoms with Gasteiger partial charge in [-0.25, -0.2) is 24.1 Å². The molecular weight excluding hydrogens is 997 g/mol. The fourth-order valence-electron chi connectivity index (χ4n) is 8.95. The molecule has 0 spiro atoms. The van der Waals surface area contributed by atoms with Crippen LogP contribution in [0.4, 0.5) is 15.3 Å². The van der Waals surface area contributed by atoms with Crippen LogP contribution < -0.4 is 27.0 Å². The smallest absolute Gasteiger partial charge is 0.410 e. The van der Waals surface area contributed by atoms with Crippen molar-refractivity contribution in [3.8, 4) is 22.6 Å². The fourth-order valence-corrected chi connectivity index (χ4v) is 8.95. The minimum Gasteiger partial charge on any atom is -0.445 e. The summed E-state index contributed by atoms with van der Waals surface area (Å²) >= 11 is 0. The van der Waals surface area contributed by atoms with E-state index in [-0.39, 0.29) is 75.7 Å². The highest BCUT2D eigenvalue weighted by Crippen LogP contribution is 2.30. The number of primary amides is 1. The number of nitrogens with one attached hydrogen (secondary N) is 5. The van der Waals surface area contributed by atoms with Gasteiger partial charge in [-0.3, -0.25) is 38.8 Å². The molecular formula is C56H62N14O8. The third kappa shape index (κ3) is 14.5. The topological polar surface area (TPSA) is 294 Å². The summed E-state index contributed by atoms with van der Waals surface area (Å²) in [5.74, 6) is -2.03. The number of urea groups is 1. The van der Waals surface area contributed by atoms with Crippen LogP contribution in [0.25, 0.3) is 39.2 Å². The van der Waals surface area contributed by atoms with Crippen LogP contribution in [0, 0.1) is 12.8 Å². The average molecular weight is 1060 g/mol. The Hall–Kier alpha value is -9.34. The van der Waals surface area contributed by atoms with Gasteiger partial charge in [0.15, 0.2) is 5.65 Å². The normalized spacial score (nSPS) is 12.9. The summed E-state index contributed by atoms with van der Waals surface area (Å²) in [6, 6.07) is 23.2. The van der Waals surface area contributed by atoms with E-state index in [2.05, 4.69) is 41.3 Å². The predicted octanol–water partition coefficient (Wildman–Crippen LogP) is 5.92. The maximum atomic E-state index is 14.3. The minimum atomic E-state index is -1.07. The number of nitrogens with zero attached hydrogens (tertiary/aromatic N) is 8. The van der Waals surface area contributed by atoms with Crippen LogP contribution in [0.15, 0.2) is 116 Å². The lowest BCUT2D eigenvalue weighted by molar-refractivity contribution is -0.137. The molecule has 0 radical (unpaired) electrons. The van der Waals surface area contributed by atoms with E-state index in [0.29, 0.717) is 65.5 Å². The molecule has 7 aromatic rings. The monoisotopic (exact) mass is 1060 g/mol. The van der Waals surface area contributed by atoms with E-state index in [9.17, 15) is 33.6 Å². The number of benzene rings is 2. The highest BCUT2D eigenvalue weighted by atomic mass is 16.6. The quantitative estimate of drug-likeness (QED) is 0.0287. The van der Waals surface area contributed by atoms with Crippen molar-refractivity contribution in [3.05, 3.63) is 138 Å². The number of anilines is 1. The number of hydrogen-bond donors (Lipinski definition) is 6. The molecule has 0 aliphatic carbocycles. The van der Waals surface area contributed by atoms with Crippen molar-refractivity contribution in [2.24, 2.45) is 11.7 Å². The molecule has 8 amide bonds. The molecule has 7 N–H and O–H groups in total. The second-order valence-electron chi connectivity index (χ2n) is 19.2. The van der Waals surface area contributed by atoms with Crippen LogP contribution in [0.2, 0.25) is 0 Å². The van der Waals surface area contributed by atoms with Gasteiger partial charge in [0.1, 0.15) is 36.5 Å². The van der Waals surface area contributed by atoms with Gasteiger partial charge < -0.3 is 41.6 Å². The lowest BCUT2D eigenvalue weighted by atomic mass is 10.0. The standard InChI is InChI=1S/C56H62N14O8/c1-35(2)50(67-47(71)17-5-4-6-29-69-48(72)24-25-49(69)73)54(75)64-44(16-10-28-59-55(57)76)53(74)63-40-21-18-37(19-22-40)33-78-56(77)68(30-26-38-12-8-14-42-41(38)13-9-27-58-42)32-45-65-51(39-20-23-46-60-34-61-70(46)31-39)52(66-45)43-15-7-11-36(3)62-43/h7-9,11-15,18-25,27,31,34-35,44,50H,4-6,10,16-17,26,28-30,32-33H2,1-3H3,(H,63,74)(H,64,75)(H,65,66)(H,67,71)(H3,57,59,76). The number of aromatic nitrogens is 7. The van der Waals surface area contributed by atoms with Gasteiger partial charge in [0.05, 0.1) is 23.4 Å². The summed E-state index contributed by atoms with van der Waals surface area (Å²) in [7, 11) is 0. The minimum absolute atomic E-state index is 0.0604. The number of aromatic amines is 1. The van der Waals surface area contributed by atoms with E-state index in [4.69, 9.17) is 20.4 Å². The second-order valence-corrected chi connectivity index (χ2v) is 19.2. The third-order valence-electron chi connectivity index (χ3n) is 13.1. The first-order valence-electron chi connectivity index (χ1n) is 25.8. The SMILES string of the molecule is Cc1cccc(-c2nc(CN(CCc3cccc4ncccc34)C(=O)OCc3ccc(NC(=O)C(CCCNC(N)=O)NC(=O)C(NC(=O)CCCCCN4C(=O)C=CC4=O)C(C)C)cc3)[nH]c2-c2ccc3ncnn3c2)n1. The van der Waals surface area contributed by atoms with E-state index < -0.39 is 36.0 Å². The van der Waals surface area contributed by atoms with Gasteiger partial charge in [0, 0.05) is 72.9 Å². The Morgan fingerprint density at radius 1 is 0.833 bits per heavy atom. The van der Waals surface area contributed by atoms with E-state index >= 15 is 0 Å². The van der Waals surface area contributed by atoms with Crippen molar-refractivity contribution in [1.82, 2.24) is 60.3 Å². The maximum absolute atomic E-state index is 14.3. The summed E-state index contributed by atoms with van der Waals surface area (Å²) < 4.78 is 7.65. The van der Waals surface area contributed by atoms with Crippen molar-refractivity contribution >= 4 is 63.9 Å². The zero-order valence-corrected chi connectivity index (χ0v) is 43.6. The van der Waals surface area contributed by atoms with Crippen LogP contribution in [0.1, 0.15) is 75.0 Å². The highest BCUT2D eigenvalue weighted by molar-refractivity contribution is 6.12. The molecule has 0 bridgehead atoms. The Balaban J connectivity index is 0.921. The number of hydrogen-bond acceptors (Lipinski definition) is 13. The molecule has 22 heteroatoms. The lowest BCUT2D eigenvalue weighted by Gasteiger charge is -2.25. The van der Waals surface area contributed by atoms with Gasteiger partial charge in [-0.15, -0.1) is 0 Å². The molecule has 2 atom stereocenters. The molecule has 2 aromatic carbocycles. The van der Waals surface area contributed by atoms with Gasteiger partial charge in [0.2, 0.25) is 17.7 Å². The van der Waals surface area contributed by atoms with Crippen LogP contribution >= 0.6 is 0 Å². The first-order valence-corrected chi connectivity index (χ1v) is 25.8. The first-order chi connectivity index (χ1) is 37.7. The van der Waals surface area contributed by atoms with Crippen molar-refractivity contribution in [2.45, 2.75) is 91.0 Å². The number of amides is 8. The van der Waals surface area contributed by atoms with Crippen molar-refractivity contribution in [1.29, 1.82) is 0 Å². The van der Waals surface area contributed by atoms with Crippen molar-refractivity contribution < 1.29 is 38.3 Å². The third-order valence-corrected chi connectivity index (χ3v) is 13.1. The molecule has 1 aliphatic rings. The number of aryl methyl sites for hydroxylation is 1. The van der Waals surface area contributed by atoms with Gasteiger partial charge >= 0.3 is 12.1 Å². The Labute approximate surface area is 449 Å². The van der Waals surface area contributed by atoms with Crippen molar-refractivity contribution in [3.63, 3.8) is 0 Å². The van der Waals surface area contributed by atoms with Crippen LogP contribution in [0.3, 0.4) is 0 Å². The average Bonchev–Trinajstić information content (AvgIpc) is 4.18. The molecule has 78 heavy (non-hydrogen) atoms. The Morgan fingerprint density at radius 2 is 1.63 bits per heavy atom. The largest absolute Gasteiger partial charge is 0.445 e. The summed E-state index contributed by atoms with van der Waals surface area (Å²) in [5.41, 5.74) is 12.3. The van der Waals surface area contributed by atoms with Crippen LogP contribution in [0.5, 0.6) is 0 Å². The zero-order chi connectivity index (χ0) is 55.1. The van der Waals surface area contributed by atoms with Gasteiger partial charge in [-0.2, -0.15) is 5.10 Å². The van der Waals surface area contributed by atoms with E-state index in [1.165, 1.54) is 18.5 Å². The Kier molecular flexibility index (Phi) is 18.3. The van der Waals surface area contributed by atoms with Crippen LogP contribution in [-0.4, -0.2) is 118 Å². The number of pyridine rings is 3. The Morgan fingerprint density at radius 3 is 2.40 bits per heavy atom. The van der Waals surface area contributed by atoms with E-state index in [1.807, 2.05) is 73.8 Å². The number of imide groups is 1. The van der Waals surface area contributed by atoms with Crippen LogP contribution in [-0.2, 0) is 48.3 Å². The molecule has 0 saturated carbocycles. The number of rotatable bonds is 25. The molecule has 0 saturated heterocycles. The highest BCUT2D eigenvalue weighted by Gasteiger charge is 2.30. The predicted molar refractivity (Wildman–Crippen MR) is 289 cm³/mol. The van der Waals surface area contributed by atoms with Crippen molar-refractivity contribution in [2.75, 3.05) is 25.0 Å². The van der Waals surface area contributed by atoms with Gasteiger partial charge in [0.25, 0.3) is 11.8 Å². The number of carbonyl (C=O) groups is 7. The molecule has 404 valence electrons. The lowest BCUT2D eigenvalue weighted by Crippen LogP contribution is -2.54. The second kappa shape index (κ2) is 25.9. The van der Waals surface area contributed by atoms with E-state index in [1.54, 1.807) is 53.7 Å². The summed E-state index contributed by atoms with van der Waals surface area (Å²) in [6.45, 7) is 6.08. The number of H-pyrrole nitrogens is 1. The molecule has 1 aliphatic heterocycles. The van der Waals surface area contributed by atoms with Gasteiger partial charge in [-0.1, -0.05) is 56.7 Å². The van der Waals surface area contributed by atoms with E-state index in [0.717, 1.165) is 32.6 Å². The Bertz CT molecular complexity index is 3310. The first kappa shape index (κ1) is 54.9. The summed E-state index contributed by atoms with van der Waals surface area (Å²) in [4.78, 5) is 115. The molecule has 6 heterocycles. The fraction of sp³-hybridized carbons (Fsp3) is 0.321.